The van der Waals surface area contributed by atoms with Gasteiger partial charge in [-0.15, -0.1) is 0 Å². The zero-order valence-corrected chi connectivity index (χ0v) is 12.1. The monoisotopic (exact) mass is 278 g/mol. The summed E-state index contributed by atoms with van der Waals surface area (Å²) in [6, 6.07) is 0. The maximum absolute atomic E-state index is 11.7. The van der Waals surface area contributed by atoms with Crippen LogP contribution in [0.3, 0.4) is 0 Å². The summed E-state index contributed by atoms with van der Waals surface area (Å²) in [6.07, 6.45) is 5.88. The molecule has 0 saturated carbocycles. The van der Waals surface area contributed by atoms with E-state index in [0.29, 0.717) is 5.92 Å². The number of nitrogens with zero attached hydrogens (tertiary/aromatic N) is 3. The van der Waals surface area contributed by atoms with Gasteiger partial charge in [0.2, 0.25) is 5.91 Å². The molecule has 1 N–H and O–H groups in total. The summed E-state index contributed by atoms with van der Waals surface area (Å²) in [5.41, 5.74) is 1.23. The maximum Gasteiger partial charge on any atom is 0.248 e. The minimum atomic E-state index is -0.256. The predicted molar refractivity (Wildman–Crippen MR) is 73.9 cm³/mol. The lowest BCUT2D eigenvalue weighted by atomic mass is 9.91. The highest BCUT2D eigenvalue weighted by Crippen LogP contribution is 2.33. The molecule has 0 aliphatic carbocycles. The van der Waals surface area contributed by atoms with Crippen LogP contribution in [-0.2, 0) is 23.1 Å². The molecule has 0 unspecified atom stereocenters. The van der Waals surface area contributed by atoms with Gasteiger partial charge in [0.15, 0.2) is 0 Å². The Balaban J connectivity index is 1.57. The molecule has 0 radical (unpaired) electrons. The van der Waals surface area contributed by atoms with E-state index in [1.165, 1.54) is 5.56 Å². The number of carbonyl (C=O) groups excluding carboxylic acids is 1. The molecule has 2 aliphatic heterocycles. The van der Waals surface area contributed by atoms with Gasteiger partial charge < -0.3 is 10.1 Å². The number of hydrogen-bond donors (Lipinski definition) is 1. The topological polar surface area (TPSA) is 59.4 Å². The van der Waals surface area contributed by atoms with Crippen LogP contribution in [0.1, 0.15) is 18.4 Å². The van der Waals surface area contributed by atoms with E-state index in [1.807, 2.05) is 17.9 Å². The fourth-order valence-electron chi connectivity index (χ4n) is 3.28. The third-order valence-electron chi connectivity index (χ3n) is 4.34. The van der Waals surface area contributed by atoms with Gasteiger partial charge in [-0.1, -0.05) is 0 Å². The summed E-state index contributed by atoms with van der Waals surface area (Å²) in [5, 5.41) is 6.88. The standard InChI is InChI=1S/C14H22N4O2/c1-15-14(19)12-5-11-3-4-18(9-13(11)20-12)8-10-6-16-17(2)7-10/h6-7,11-13H,3-5,8-9H2,1-2H3,(H,15,19)/t11-,12+,13+/m0/s1. The van der Waals surface area contributed by atoms with Gasteiger partial charge in [0, 0.05) is 38.9 Å². The molecule has 0 bridgehead atoms. The largest absolute Gasteiger partial charge is 0.364 e. The smallest absolute Gasteiger partial charge is 0.248 e. The predicted octanol–water partition coefficient (Wildman–Crippen LogP) is 0.145. The number of fused-ring (bicyclic) bond motifs is 1. The Morgan fingerprint density at radius 3 is 3.15 bits per heavy atom. The molecule has 2 fully saturated rings. The Hall–Kier alpha value is -1.40. The molecule has 6 heteroatoms. The Labute approximate surface area is 119 Å². The molecule has 110 valence electrons. The van der Waals surface area contributed by atoms with Gasteiger partial charge in [0.1, 0.15) is 6.10 Å². The van der Waals surface area contributed by atoms with Crippen molar-refractivity contribution in [1.29, 1.82) is 0 Å². The minimum absolute atomic E-state index is 0.0122. The van der Waals surface area contributed by atoms with Crippen LogP contribution in [-0.4, -0.2) is 52.9 Å². The first-order chi connectivity index (χ1) is 9.65. The number of amides is 1. The summed E-state index contributed by atoms with van der Waals surface area (Å²) in [5.74, 6) is 0.542. The van der Waals surface area contributed by atoms with Crippen LogP contribution in [0.15, 0.2) is 12.4 Å². The molecule has 0 aromatic carbocycles. The number of aromatic nitrogens is 2. The Bertz CT molecular complexity index is 487. The van der Waals surface area contributed by atoms with Crippen LogP contribution in [0.4, 0.5) is 0 Å². The van der Waals surface area contributed by atoms with Gasteiger partial charge >= 0.3 is 0 Å². The highest BCUT2D eigenvalue weighted by Gasteiger charge is 2.41. The molecule has 2 saturated heterocycles. The van der Waals surface area contributed by atoms with Crippen molar-refractivity contribution in [2.75, 3.05) is 20.1 Å². The molecule has 20 heavy (non-hydrogen) atoms. The molecule has 1 amide bonds. The number of piperidine rings is 1. The van der Waals surface area contributed by atoms with Crippen LogP contribution in [0, 0.1) is 5.92 Å². The third kappa shape index (κ3) is 2.71. The van der Waals surface area contributed by atoms with E-state index >= 15 is 0 Å². The summed E-state index contributed by atoms with van der Waals surface area (Å²) < 4.78 is 7.75. The zero-order chi connectivity index (χ0) is 14.1. The van der Waals surface area contributed by atoms with E-state index in [9.17, 15) is 4.79 Å². The molecule has 1 aromatic heterocycles. The van der Waals surface area contributed by atoms with E-state index in [0.717, 1.165) is 32.5 Å². The average molecular weight is 278 g/mol. The zero-order valence-electron chi connectivity index (χ0n) is 12.1. The van der Waals surface area contributed by atoms with Crippen LogP contribution < -0.4 is 5.32 Å². The minimum Gasteiger partial charge on any atom is -0.364 e. The van der Waals surface area contributed by atoms with Crippen molar-refractivity contribution in [2.45, 2.75) is 31.6 Å². The number of hydrogen-bond acceptors (Lipinski definition) is 4. The fourth-order valence-corrected chi connectivity index (χ4v) is 3.28. The summed E-state index contributed by atoms with van der Waals surface area (Å²) >= 11 is 0. The number of rotatable bonds is 3. The number of nitrogens with one attached hydrogen (secondary N) is 1. The van der Waals surface area contributed by atoms with E-state index in [2.05, 4.69) is 21.5 Å². The van der Waals surface area contributed by atoms with E-state index < -0.39 is 0 Å². The highest BCUT2D eigenvalue weighted by atomic mass is 16.5. The first kappa shape index (κ1) is 13.6. The number of ether oxygens (including phenoxy) is 1. The molecule has 3 atom stereocenters. The Morgan fingerprint density at radius 1 is 1.60 bits per heavy atom. The van der Waals surface area contributed by atoms with E-state index in [4.69, 9.17) is 4.74 Å². The average Bonchev–Trinajstić information content (AvgIpc) is 3.03. The van der Waals surface area contributed by atoms with Crippen molar-refractivity contribution in [3.63, 3.8) is 0 Å². The summed E-state index contributed by atoms with van der Waals surface area (Å²) in [7, 11) is 3.60. The van der Waals surface area contributed by atoms with Crippen LogP contribution in [0.25, 0.3) is 0 Å². The van der Waals surface area contributed by atoms with Gasteiger partial charge in [-0.3, -0.25) is 14.4 Å². The number of carbonyl (C=O) groups is 1. The SMILES string of the molecule is CNC(=O)[C@H]1C[C@@H]2CCN(Cc3cnn(C)c3)C[C@H]2O1. The number of likely N-dealkylation sites (N-methyl/N-ethyl adjacent to an activating group) is 1. The quantitative estimate of drug-likeness (QED) is 0.855. The van der Waals surface area contributed by atoms with E-state index in [1.54, 1.807) is 7.05 Å². The highest BCUT2D eigenvalue weighted by molar-refractivity contribution is 5.80. The van der Waals surface area contributed by atoms with Crippen LogP contribution in [0.5, 0.6) is 0 Å². The van der Waals surface area contributed by atoms with Gasteiger partial charge in [-0.2, -0.15) is 5.10 Å². The summed E-state index contributed by atoms with van der Waals surface area (Å²) in [4.78, 5) is 14.1. The molecule has 3 rings (SSSR count). The van der Waals surface area contributed by atoms with Gasteiger partial charge in [0.25, 0.3) is 0 Å². The molecular weight excluding hydrogens is 256 g/mol. The fraction of sp³-hybridized carbons (Fsp3) is 0.714. The van der Waals surface area contributed by atoms with Gasteiger partial charge in [-0.25, -0.2) is 0 Å². The van der Waals surface area contributed by atoms with Crippen molar-refractivity contribution >= 4 is 5.91 Å². The second kappa shape index (κ2) is 5.54. The molecule has 6 nitrogen and oxygen atoms in total. The lowest BCUT2D eigenvalue weighted by molar-refractivity contribution is -0.132. The summed E-state index contributed by atoms with van der Waals surface area (Å²) in [6.45, 7) is 2.89. The lowest BCUT2D eigenvalue weighted by Crippen LogP contribution is -2.42. The third-order valence-corrected chi connectivity index (χ3v) is 4.34. The van der Waals surface area contributed by atoms with Crippen LogP contribution >= 0.6 is 0 Å². The van der Waals surface area contributed by atoms with Crippen molar-refractivity contribution in [2.24, 2.45) is 13.0 Å². The van der Waals surface area contributed by atoms with Crippen molar-refractivity contribution in [1.82, 2.24) is 20.0 Å². The van der Waals surface area contributed by atoms with Crippen molar-refractivity contribution in [3.8, 4) is 0 Å². The molecule has 2 aliphatic rings. The van der Waals surface area contributed by atoms with E-state index in [-0.39, 0.29) is 18.1 Å². The second-order valence-corrected chi connectivity index (χ2v) is 5.82. The van der Waals surface area contributed by atoms with Gasteiger partial charge in [-0.05, 0) is 25.3 Å². The number of aryl methyl sites for hydroxylation is 1. The molecular formula is C14H22N4O2. The van der Waals surface area contributed by atoms with Gasteiger partial charge in [0.05, 0.1) is 12.3 Å². The van der Waals surface area contributed by atoms with Crippen molar-refractivity contribution < 1.29 is 9.53 Å². The second-order valence-electron chi connectivity index (χ2n) is 5.82. The maximum atomic E-state index is 11.7. The lowest BCUT2D eigenvalue weighted by Gasteiger charge is -2.33. The van der Waals surface area contributed by atoms with Crippen LogP contribution in [0.2, 0.25) is 0 Å². The van der Waals surface area contributed by atoms with Crippen molar-refractivity contribution in [3.05, 3.63) is 18.0 Å². The molecule has 1 aromatic rings. The Morgan fingerprint density at radius 2 is 2.45 bits per heavy atom. The first-order valence-corrected chi connectivity index (χ1v) is 7.22. The Kier molecular flexibility index (Phi) is 3.76. The molecule has 0 spiro atoms. The molecule has 3 heterocycles. The normalized spacial score (nSPS) is 30.2. The number of likely N-dealkylation sites (tertiary alicyclic amines) is 1. The first-order valence-electron chi connectivity index (χ1n) is 7.22.